The van der Waals surface area contributed by atoms with Crippen molar-refractivity contribution in [3.05, 3.63) is 42.4 Å². The summed E-state index contributed by atoms with van der Waals surface area (Å²) in [6.07, 6.45) is 0.633. The largest absolute Gasteiger partial charge is 0.417 e. The molecular weight excluding hydrogens is 449 g/mol. The van der Waals surface area contributed by atoms with E-state index in [2.05, 4.69) is 15.0 Å². The van der Waals surface area contributed by atoms with Gasteiger partial charge in [0.1, 0.15) is 22.8 Å². The molecule has 1 spiro atoms. The first-order valence-corrected chi connectivity index (χ1v) is 11.6. The number of nitrogens with zero attached hydrogens (tertiary/aromatic N) is 6. The van der Waals surface area contributed by atoms with Crippen molar-refractivity contribution >= 4 is 21.5 Å². The van der Waals surface area contributed by atoms with Crippen molar-refractivity contribution < 1.29 is 26.3 Å². The fraction of sp³-hybridized carbons (Fsp3) is 0.421. The smallest absolute Gasteiger partial charge is 0.369 e. The van der Waals surface area contributed by atoms with Gasteiger partial charge in [-0.05, 0) is 18.2 Å². The van der Waals surface area contributed by atoms with E-state index in [0.29, 0.717) is 36.9 Å². The Bertz CT molecular complexity index is 1290. The lowest BCUT2D eigenvalue weighted by molar-refractivity contribution is -0.137. The SMILES string of the molecule is CS(=O)(=O)N1CC2(CN(c3ccnc(-c4cnc5ccc(C(F)(F)F)cn45)n3)CCO2)C1. The Balaban J connectivity index is 1.43. The lowest BCUT2D eigenvalue weighted by Gasteiger charge is -2.52. The molecule has 5 heterocycles. The average molecular weight is 468 g/mol. The standard InChI is InChI=1S/C19H19F3N6O3S/c1-32(29,30)27-11-18(12-27)10-26(6-7-31-18)16-4-5-23-17(25-16)14-8-24-15-3-2-13(9-28(14)15)19(20,21)22/h2-5,8-9H,6-7,10-12H2,1H3. The van der Waals surface area contributed by atoms with E-state index in [1.54, 1.807) is 6.07 Å². The van der Waals surface area contributed by atoms with Crippen molar-refractivity contribution in [1.29, 1.82) is 0 Å². The van der Waals surface area contributed by atoms with Gasteiger partial charge >= 0.3 is 6.18 Å². The molecule has 9 nitrogen and oxygen atoms in total. The van der Waals surface area contributed by atoms with E-state index < -0.39 is 27.4 Å². The summed E-state index contributed by atoms with van der Waals surface area (Å²) in [5, 5.41) is 0. The van der Waals surface area contributed by atoms with Crippen LogP contribution in [0.15, 0.2) is 36.8 Å². The number of hydrogen-bond donors (Lipinski definition) is 0. The fourth-order valence-corrected chi connectivity index (χ4v) is 4.96. The van der Waals surface area contributed by atoms with Crippen LogP contribution >= 0.6 is 0 Å². The van der Waals surface area contributed by atoms with Crippen LogP contribution in [0.2, 0.25) is 0 Å². The van der Waals surface area contributed by atoms with E-state index in [1.807, 2.05) is 4.90 Å². The Kier molecular flexibility index (Phi) is 4.69. The maximum Gasteiger partial charge on any atom is 0.417 e. The molecule has 0 radical (unpaired) electrons. The molecule has 0 unspecified atom stereocenters. The zero-order valence-electron chi connectivity index (χ0n) is 16.9. The molecule has 3 aromatic rings. The number of aromatic nitrogens is 4. The summed E-state index contributed by atoms with van der Waals surface area (Å²) in [7, 11) is -3.28. The Labute approximate surface area is 181 Å². The molecule has 2 fully saturated rings. The molecule has 0 N–H and O–H groups in total. The van der Waals surface area contributed by atoms with Gasteiger partial charge in [-0.3, -0.25) is 4.40 Å². The monoisotopic (exact) mass is 468 g/mol. The third kappa shape index (κ3) is 3.69. The average Bonchev–Trinajstić information content (AvgIpc) is 3.14. The van der Waals surface area contributed by atoms with Crippen LogP contribution in [0.25, 0.3) is 17.2 Å². The molecule has 5 rings (SSSR count). The first kappa shape index (κ1) is 21.1. The highest BCUT2D eigenvalue weighted by atomic mass is 32.2. The van der Waals surface area contributed by atoms with E-state index in [-0.39, 0.29) is 18.9 Å². The Morgan fingerprint density at radius 2 is 1.91 bits per heavy atom. The van der Waals surface area contributed by atoms with Crippen molar-refractivity contribution in [3.63, 3.8) is 0 Å². The maximum atomic E-state index is 13.2. The van der Waals surface area contributed by atoms with Gasteiger partial charge in [0.2, 0.25) is 10.0 Å². The molecule has 2 aliphatic heterocycles. The number of fused-ring (bicyclic) bond motifs is 1. The first-order valence-electron chi connectivity index (χ1n) is 9.76. The second-order valence-corrected chi connectivity index (χ2v) is 9.99. The van der Waals surface area contributed by atoms with Crippen molar-refractivity contribution in [2.24, 2.45) is 0 Å². The van der Waals surface area contributed by atoms with Gasteiger partial charge in [-0.2, -0.15) is 17.5 Å². The topological polar surface area (TPSA) is 92.9 Å². The quantitative estimate of drug-likeness (QED) is 0.577. The van der Waals surface area contributed by atoms with Crippen LogP contribution in [0.5, 0.6) is 0 Å². The van der Waals surface area contributed by atoms with Gasteiger partial charge in [-0.1, -0.05) is 0 Å². The van der Waals surface area contributed by atoms with Crippen LogP contribution in [-0.4, -0.2) is 76.7 Å². The molecule has 0 amide bonds. The summed E-state index contributed by atoms with van der Waals surface area (Å²) < 4.78 is 71.4. The molecule has 3 aromatic heterocycles. The third-order valence-electron chi connectivity index (χ3n) is 5.67. The minimum absolute atomic E-state index is 0.237. The molecule has 32 heavy (non-hydrogen) atoms. The highest BCUT2D eigenvalue weighted by Gasteiger charge is 2.50. The fourth-order valence-electron chi connectivity index (χ4n) is 4.03. The Hall–Kier alpha value is -2.77. The molecule has 0 aliphatic carbocycles. The van der Waals surface area contributed by atoms with E-state index in [4.69, 9.17) is 4.74 Å². The molecule has 0 saturated carbocycles. The van der Waals surface area contributed by atoms with Crippen LogP contribution in [0.3, 0.4) is 0 Å². The van der Waals surface area contributed by atoms with E-state index in [1.165, 1.54) is 27.2 Å². The second-order valence-electron chi connectivity index (χ2n) is 8.01. The van der Waals surface area contributed by atoms with Crippen LogP contribution in [0, 0.1) is 0 Å². The lowest BCUT2D eigenvalue weighted by Crippen LogP contribution is -2.71. The lowest BCUT2D eigenvalue weighted by atomic mass is 9.94. The Morgan fingerprint density at radius 3 is 2.62 bits per heavy atom. The van der Waals surface area contributed by atoms with Crippen LogP contribution in [0.1, 0.15) is 5.56 Å². The Morgan fingerprint density at radius 1 is 1.12 bits per heavy atom. The number of pyridine rings is 1. The zero-order chi connectivity index (χ0) is 22.7. The number of sulfonamides is 1. The van der Waals surface area contributed by atoms with E-state index in [9.17, 15) is 21.6 Å². The van der Waals surface area contributed by atoms with Crippen molar-refractivity contribution in [2.75, 3.05) is 43.9 Å². The zero-order valence-corrected chi connectivity index (χ0v) is 17.8. The minimum Gasteiger partial charge on any atom is -0.369 e. The number of anilines is 1. The van der Waals surface area contributed by atoms with Crippen LogP contribution < -0.4 is 4.90 Å². The van der Waals surface area contributed by atoms with Gasteiger partial charge in [0.25, 0.3) is 0 Å². The number of imidazole rings is 1. The summed E-state index contributed by atoms with van der Waals surface area (Å²) in [5.41, 5.74) is -0.710. The van der Waals surface area contributed by atoms with Crippen molar-refractivity contribution in [1.82, 2.24) is 23.7 Å². The minimum atomic E-state index is -4.48. The number of morpholine rings is 1. The highest BCUT2D eigenvalue weighted by Crippen LogP contribution is 2.33. The van der Waals surface area contributed by atoms with Crippen molar-refractivity contribution in [3.8, 4) is 11.5 Å². The summed E-state index contributed by atoms with van der Waals surface area (Å²) >= 11 is 0. The molecule has 2 saturated heterocycles. The first-order chi connectivity index (χ1) is 15.0. The van der Waals surface area contributed by atoms with Gasteiger partial charge in [0.15, 0.2) is 5.82 Å². The van der Waals surface area contributed by atoms with Gasteiger partial charge in [-0.25, -0.2) is 23.4 Å². The molecule has 13 heteroatoms. The molecule has 0 atom stereocenters. The van der Waals surface area contributed by atoms with Gasteiger partial charge < -0.3 is 9.64 Å². The number of hydrogen-bond acceptors (Lipinski definition) is 7. The van der Waals surface area contributed by atoms with E-state index in [0.717, 1.165) is 18.5 Å². The number of alkyl halides is 3. The summed E-state index contributed by atoms with van der Waals surface area (Å²) in [6.45, 7) is 1.94. The predicted octanol–water partition coefficient (Wildman–Crippen LogP) is 1.66. The highest BCUT2D eigenvalue weighted by molar-refractivity contribution is 7.88. The van der Waals surface area contributed by atoms with Crippen LogP contribution in [0.4, 0.5) is 19.0 Å². The third-order valence-corrected chi connectivity index (χ3v) is 6.87. The molecule has 170 valence electrons. The second kappa shape index (κ2) is 7.12. The summed E-state index contributed by atoms with van der Waals surface area (Å²) in [6, 6.07) is 3.99. The normalized spacial score (nSPS) is 19.4. The number of halogens is 3. The summed E-state index contributed by atoms with van der Waals surface area (Å²) in [5.74, 6) is 0.818. The molecule has 0 bridgehead atoms. The molecule has 2 aliphatic rings. The summed E-state index contributed by atoms with van der Waals surface area (Å²) in [4.78, 5) is 14.9. The van der Waals surface area contributed by atoms with Gasteiger partial charge in [-0.15, -0.1) is 0 Å². The predicted molar refractivity (Wildman–Crippen MR) is 109 cm³/mol. The number of ether oxygens (including phenoxy) is 1. The van der Waals surface area contributed by atoms with Crippen LogP contribution in [-0.2, 0) is 20.9 Å². The van der Waals surface area contributed by atoms with Gasteiger partial charge in [0, 0.05) is 32.0 Å². The number of rotatable bonds is 3. The molecular formula is C19H19F3N6O3S. The van der Waals surface area contributed by atoms with Crippen molar-refractivity contribution in [2.45, 2.75) is 11.8 Å². The van der Waals surface area contributed by atoms with E-state index >= 15 is 0 Å². The maximum absolute atomic E-state index is 13.2. The van der Waals surface area contributed by atoms with Gasteiger partial charge in [0.05, 0.1) is 31.2 Å². The molecule has 0 aromatic carbocycles.